The number of benzene rings is 2. The molecule has 0 bridgehead atoms. The van der Waals surface area contributed by atoms with Gasteiger partial charge in [0.2, 0.25) is 0 Å². The van der Waals surface area contributed by atoms with Crippen molar-refractivity contribution in [3.63, 3.8) is 0 Å². The van der Waals surface area contributed by atoms with E-state index in [1.54, 1.807) is 10.8 Å². The number of carbonyl (C=O) groups is 1. The Morgan fingerprint density at radius 3 is 2.70 bits per heavy atom. The highest BCUT2D eigenvalue weighted by atomic mass is 16.5. The number of amides is 1. The predicted octanol–water partition coefficient (Wildman–Crippen LogP) is 5.70. The number of para-hydroxylation sites is 1. The van der Waals surface area contributed by atoms with Gasteiger partial charge in [-0.05, 0) is 61.7 Å². The molecular formula is C30H34N4O3. The summed E-state index contributed by atoms with van der Waals surface area (Å²) in [5.41, 5.74) is 3.14. The van der Waals surface area contributed by atoms with E-state index in [0.717, 1.165) is 36.3 Å². The maximum atomic E-state index is 12.8. The van der Waals surface area contributed by atoms with E-state index in [1.807, 2.05) is 60.8 Å². The molecule has 2 aromatic carbocycles. The Labute approximate surface area is 218 Å². The Balaban J connectivity index is 1.56. The van der Waals surface area contributed by atoms with Crippen molar-refractivity contribution >= 4 is 12.0 Å². The number of nitrogens with zero attached hydrogens (tertiary/aromatic N) is 3. The summed E-state index contributed by atoms with van der Waals surface area (Å²) in [5.74, 6) is 0.397. The van der Waals surface area contributed by atoms with Gasteiger partial charge in [-0.15, -0.1) is 0 Å². The molecule has 7 heteroatoms. The number of carbonyl (C=O) groups excluding carboxylic acids is 1. The lowest BCUT2D eigenvalue weighted by molar-refractivity contribution is -0.117. The number of nitriles is 1. The highest BCUT2D eigenvalue weighted by Crippen LogP contribution is 2.28. The van der Waals surface area contributed by atoms with Crippen LogP contribution in [0.25, 0.3) is 23.0 Å². The summed E-state index contributed by atoms with van der Waals surface area (Å²) >= 11 is 0. The number of ether oxygens (including phenoxy) is 2. The van der Waals surface area contributed by atoms with Gasteiger partial charge in [-0.2, -0.15) is 10.4 Å². The van der Waals surface area contributed by atoms with Crippen LogP contribution in [0.2, 0.25) is 0 Å². The lowest BCUT2D eigenvalue weighted by Gasteiger charge is -2.10. The molecule has 7 nitrogen and oxygen atoms in total. The SMILES string of the molecule is CCCCCCOc1ccc(-c2nn(-c3ccccc3)cc2C=C(C#N)C(=O)NCC2CCCO2)cc1. The van der Waals surface area contributed by atoms with Crippen LogP contribution < -0.4 is 10.1 Å². The van der Waals surface area contributed by atoms with Crippen LogP contribution >= 0.6 is 0 Å². The van der Waals surface area contributed by atoms with Gasteiger partial charge in [0, 0.05) is 30.5 Å². The van der Waals surface area contributed by atoms with Crippen LogP contribution in [0.15, 0.2) is 66.4 Å². The second kappa shape index (κ2) is 13.4. The van der Waals surface area contributed by atoms with Crippen LogP contribution in [0.5, 0.6) is 5.75 Å². The molecule has 4 rings (SSSR count). The van der Waals surface area contributed by atoms with Crippen molar-refractivity contribution in [2.45, 2.75) is 51.6 Å². The zero-order valence-electron chi connectivity index (χ0n) is 21.4. The first kappa shape index (κ1) is 26.2. The third-order valence-electron chi connectivity index (χ3n) is 6.34. The molecule has 37 heavy (non-hydrogen) atoms. The van der Waals surface area contributed by atoms with Gasteiger partial charge < -0.3 is 14.8 Å². The first-order valence-corrected chi connectivity index (χ1v) is 13.1. The molecule has 2 heterocycles. The van der Waals surface area contributed by atoms with Crippen LogP contribution in [0.4, 0.5) is 0 Å². The standard InChI is InChI=1S/C30H34N4O3/c1-2-3-4-8-17-36-27-15-13-23(14-16-27)29-25(22-34(33-29)26-10-6-5-7-11-26)19-24(20-31)30(35)32-21-28-12-9-18-37-28/h5-7,10-11,13-16,19,22,28H,2-4,8-9,12,17-18,21H2,1H3,(H,32,35). The van der Waals surface area contributed by atoms with Crippen molar-refractivity contribution < 1.29 is 14.3 Å². The van der Waals surface area contributed by atoms with Crippen molar-refractivity contribution in [2.75, 3.05) is 19.8 Å². The van der Waals surface area contributed by atoms with E-state index in [0.29, 0.717) is 31.0 Å². The summed E-state index contributed by atoms with van der Waals surface area (Å²) in [6.45, 7) is 4.00. The Bertz CT molecular complexity index is 1220. The van der Waals surface area contributed by atoms with Crippen molar-refractivity contribution in [2.24, 2.45) is 0 Å². The molecule has 1 aliphatic rings. The summed E-state index contributed by atoms with van der Waals surface area (Å²) in [6, 6.07) is 19.6. The van der Waals surface area contributed by atoms with Crippen molar-refractivity contribution in [1.82, 2.24) is 15.1 Å². The maximum Gasteiger partial charge on any atom is 0.262 e. The minimum atomic E-state index is -0.414. The second-order valence-corrected chi connectivity index (χ2v) is 9.16. The zero-order chi connectivity index (χ0) is 25.9. The van der Waals surface area contributed by atoms with E-state index >= 15 is 0 Å². The number of unbranched alkanes of at least 4 members (excludes halogenated alkanes) is 3. The fourth-order valence-electron chi connectivity index (χ4n) is 4.27. The molecule has 1 N–H and O–H groups in total. The fourth-order valence-corrected chi connectivity index (χ4v) is 4.27. The van der Waals surface area contributed by atoms with Gasteiger partial charge in [-0.25, -0.2) is 4.68 Å². The molecule has 1 aliphatic heterocycles. The minimum absolute atomic E-state index is 0.00710. The van der Waals surface area contributed by atoms with Gasteiger partial charge >= 0.3 is 0 Å². The number of hydrogen-bond acceptors (Lipinski definition) is 5. The van der Waals surface area contributed by atoms with Crippen LogP contribution in [0.3, 0.4) is 0 Å². The number of nitrogens with one attached hydrogen (secondary N) is 1. The van der Waals surface area contributed by atoms with Gasteiger partial charge in [0.15, 0.2) is 0 Å². The molecule has 192 valence electrons. The molecule has 0 radical (unpaired) electrons. The average molecular weight is 499 g/mol. The third-order valence-corrected chi connectivity index (χ3v) is 6.34. The maximum absolute atomic E-state index is 12.8. The van der Waals surface area contributed by atoms with Crippen LogP contribution in [0.1, 0.15) is 51.0 Å². The molecule has 3 aromatic rings. The lowest BCUT2D eigenvalue weighted by atomic mass is 10.1. The van der Waals surface area contributed by atoms with Crippen molar-refractivity contribution in [3.8, 4) is 28.8 Å². The minimum Gasteiger partial charge on any atom is -0.494 e. The van der Waals surface area contributed by atoms with Gasteiger partial charge in [0.05, 0.1) is 24.1 Å². The van der Waals surface area contributed by atoms with E-state index in [4.69, 9.17) is 14.6 Å². The monoisotopic (exact) mass is 498 g/mol. The Hall–Kier alpha value is -3.89. The molecule has 0 aliphatic carbocycles. The Morgan fingerprint density at radius 1 is 1.19 bits per heavy atom. The topological polar surface area (TPSA) is 89.2 Å². The Morgan fingerprint density at radius 2 is 2.00 bits per heavy atom. The number of aromatic nitrogens is 2. The summed E-state index contributed by atoms with van der Waals surface area (Å²) in [7, 11) is 0. The van der Waals surface area contributed by atoms with Crippen molar-refractivity contribution in [3.05, 3.63) is 71.9 Å². The first-order chi connectivity index (χ1) is 18.2. The van der Waals surface area contributed by atoms with Gasteiger partial charge in [0.25, 0.3) is 5.91 Å². The van der Waals surface area contributed by atoms with Crippen LogP contribution in [-0.2, 0) is 9.53 Å². The second-order valence-electron chi connectivity index (χ2n) is 9.16. The van der Waals surface area contributed by atoms with Gasteiger partial charge in [-0.1, -0.05) is 44.4 Å². The third kappa shape index (κ3) is 7.31. The highest BCUT2D eigenvalue weighted by Gasteiger charge is 2.19. The van der Waals surface area contributed by atoms with Gasteiger partial charge in [0.1, 0.15) is 17.4 Å². The quantitative estimate of drug-likeness (QED) is 0.197. The number of rotatable bonds is 12. The molecule has 1 unspecified atom stereocenters. The lowest BCUT2D eigenvalue weighted by Crippen LogP contribution is -2.32. The first-order valence-electron chi connectivity index (χ1n) is 13.1. The average Bonchev–Trinajstić information content (AvgIpc) is 3.61. The van der Waals surface area contributed by atoms with E-state index in [-0.39, 0.29) is 11.7 Å². The molecule has 0 spiro atoms. The molecular weight excluding hydrogens is 464 g/mol. The molecule has 0 saturated carbocycles. The smallest absolute Gasteiger partial charge is 0.262 e. The summed E-state index contributed by atoms with van der Waals surface area (Å²) < 4.78 is 13.2. The van der Waals surface area contributed by atoms with Crippen LogP contribution in [0, 0.1) is 11.3 Å². The Kier molecular flexibility index (Phi) is 9.50. The summed E-state index contributed by atoms with van der Waals surface area (Å²) in [5, 5.41) is 17.4. The molecule has 1 aromatic heterocycles. The van der Waals surface area contributed by atoms with E-state index in [2.05, 4.69) is 18.3 Å². The van der Waals surface area contributed by atoms with E-state index in [1.165, 1.54) is 19.3 Å². The summed E-state index contributed by atoms with van der Waals surface area (Å²) in [6.07, 6.45) is 9.99. The fraction of sp³-hybridized carbons (Fsp3) is 0.367. The van der Waals surface area contributed by atoms with Crippen molar-refractivity contribution in [1.29, 1.82) is 5.26 Å². The van der Waals surface area contributed by atoms with E-state index < -0.39 is 5.91 Å². The zero-order valence-corrected chi connectivity index (χ0v) is 21.4. The molecule has 1 atom stereocenters. The summed E-state index contributed by atoms with van der Waals surface area (Å²) in [4.78, 5) is 12.8. The molecule has 1 saturated heterocycles. The van der Waals surface area contributed by atoms with Gasteiger partial charge in [-0.3, -0.25) is 4.79 Å². The number of hydrogen-bond donors (Lipinski definition) is 1. The normalized spacial score (nSPS) is 15.4. The highest BCUT2D eigenvalue weighted by molar-refractivity contribution is 6.02. The van der Waals surface area contributed by atoms with E-state index in [9.17, 15) is 10.1 Å². The van der Waals surface area contributed by atoms with Crippen LogP contribution in [-0.4, -0.2) is 41.6 Å². The molecule has 1 fully saturated rings. The largest absolute Gasteiger partial charge is 0.494 e. The predicted molar refractivity (Wildman–Crippen MR) is 144 cm³/mol. The molecule has 1 amide bonds.